The Labute approximate surface area is 173 Å². The molecule has 0 radical (unpaired) electrons. The van der Waals surface area contributed by atoms with Gasteiger partial charge >= 0.3 is 0 Å². The highest BCUT2D eigenvalue weighted by molar-refractivity contribution is 5.42. The molecule has 2 unspecified atom stereocenters. The molecule has 1 fully saturated rings. The van der Waals surface area contributed by atoms with E-state index in [1.54, 1.807) is 0 Å². The van der Waals surface area contributed by atoms with Crippen molar-refractivity contribution >= 4 is 0 Å². The summed E-state index contributed by atoms with van der Waals surface area (Å²) in [5, 5.41) is 12.4. The second-order valence-electron chi connectivity index (χ2n) is 7.87. The number of nitrogens with zero attached hydrogens (tertiary/aromatic N) is 1. The summed E-state index contributed by atoms with van der Waals surface area (Å²) in [6, 6.07) is 28.8. The molecule has 150 valence electrons. The normalized spacial score (nSPS) is 18.1. The van der Waals surface area contributed by atoms with Crippen molar-refractivity contribution in [3.63, 3.8) is 0 Å². The van der Waals surface area contributed by atoms with Crippen molar-refractivity contribution in [3.8, 4) is 0 Å². The average Bonchev–Trinajstić information content (AvgIpc) is 2.79. The monoisotopic (exact) mass is 387 g/mol. The molecule has 3 aromatic rings. The van der Waals surface area contributed by atoms with E-state index < -0.39 is 5.60 Å². The lowest BCUT2D eigenvalue weighted by Crippen LogP contribution is -2.45. The predicted octanol–water partition coefficient (Wildman–Crippen LogP) is 4.35. The molecule has 0 aromatic heterocycles. The molecule has 3 aromatic carbocycles. The maximum Gasteiger partial charge on any atom is 0.123 e. The number of morpholine rings is 1. The van der Waals surface area contributed by atoms with Crippen molar-refractivity contribution in [2.24, 2.45) is 0 Å². The molecule has 3 heteroatoms. The summed E-state index contributed by atoms with van der Waals surface area (Å²) in [6.45, 7) is 6.12. The van der Waals surface area contributed by atoms with Crippen LogP contribution in [0, 0.1) is 6.92 Å². The second-order valence-corrected chi connectivity index (χ2v) is 7.87. The fourth-order valence-electron chi connectivity index (χ4n) is 4.27. The molecule has 3 nitrogen and oxygen atoms in total. The van der Waals surface area contributed by atoms with Crippen LogP contribution in [-0.4, -0.2) is 42.9 Å². The topological polar surface area (TPSA) is 32.7 Å². The standard InChI is InChI=1S/C26H29NO2/c1-21-12-14-24(15-13-21)26(28,23-10-6-3-7-11-23)25(22-8-4-2-5-9-22)20-27-16-18-29-19-17-27/h2-15,25,28H,16-20H2,1H3. The summed E-state index contributed by atoms with van der Waals surface area (Å²) in [5.41, 5.74) is 3.05. The van der Waals surface area contributed by atoms with Gasteiger partial charge in [0.15, 0.2) is 0 Å². The Balaban J connectivity index is 1.84. The average molecular weight is 388 g/mol. The van der Waals surface area contributed by atoms with E-state index in [1.165, 1.54) is 5.56 Å². The lowest BCUT2D eigenvalue weighted by Gasteiger charge is -2.41. The summed E-state index contributed by atoms with van der Waals surface area (Å²) < 4.78 is 5.55. The second kappa shape index (κ2) is 8.91. The highest BCUT2D eigenvalue weighted by Crippen LogP contribution is 2.43. The van der Waals surface area contributed by atoms with Gasteiger partial charge in [-0.15, -0.1) is 0 Å². The van der Waals surface area contributed by atoms with Gasteiger partial charge in [0.05, 0.1) is 13.2 Å². The molecule has 2 atom stereocenters. The Morgan fingerprint density at radius 1 is 0.828 bits per heavy atom. The van der Waals surface area contributed by atoms with E-state index in [1.807, 2.05) is 36.4 Å². The maximum atomic E-state index is 12.4. The van der Waals surface area contributed by atoms with Crippen LogP contribution in [0.3, 0.4) is 0 Å². The molecule has 0 bridgehead atoms. The first-order valence-electron chi connectivity index (χ1n) is 10.4. The van der Waals surface area contributed by atoms with Crippen LogP contribution in [0.25, 0.3) is 0 Å². The Kier molecular flexibility index (Phi) is 6.10. The van der Waals surface area contributed by atoms with E-state index in [0.29, 0.717) is 0 Å². The van der Waals surface area contributed by atoms with Gasteiger partial charge in [0.1, 0.15) is 5.60 Å². The predicted molar refractivity (Wildman–Crippen MR) is 117 cm³/mol. The minimum atomic E-state index is -1.13. The van der Waals surface area contributed by atoms with E-state index in [2.05, 4.69) is 60.4 Å². The van der Waals surface area contributed by atoms with Gasteiger partial charge in [0.2, 0.25) is 0 Å². The molecule has 1 saturated heterocycles. The first-order chi connectivity index (χ1) is 14.2. The van der Waals surface area contributed by atoms with Crippen LogP contribution in [-0.2, 0) is 10.3 Å². The van der Waals surface area contributed by atoms with Crippen molar-refractivity contribution in [2.45, 2.75) is 18.4 Å². The van der Waals surface area contributed by atoms with E-state index >= 15 is 0 Å². The summed E-state index contributed by atoms with van der Waals surface area (Å²) >= 11 is 0. The number of benzene rings is 3. The van der Waals surface area contributed by atoms with Crippen LogP contribution in [0.15, 0.2) is 84.9 Å². The number of aryl methyl sites for hydroxylation is 1. The van der Waals surface area contributed by atoms with Gasteiger partial charge in [-0.1, -0.05) is 90.5 Å². The van der Waals surface area contributed by atoms with E-state index in [0.717, 1.165) is 49.5 Å². The third kappa shape index (κ3) is 4.27. The van der Waals surface area contributed by atoms with Crippen molar-refractivity contribution < 1.29 is 9.84 Å². The van der Waals surface area contributed by atoms with Gasteiger partial charge < -0.3 is 9.84 Å². The van der Waals surface area contributed by atoms with Crippen LogP contribution in [0.4, 0.5) is 0 Å². The largest absolute Gasteiger partial charge is 0.380 e. The highest BCUT2D eigenvalue weighted by Gasteiger charge is 2.42. The van der Waals surface area contributed by atoms with E-state index in [-0.39, 0.29) is 5.92 Å². The first kappa shape index (κ1) is 19.8. The van der Waals surface area contributed by atoms with Gasteiger partial charge in [-0.25, -0.2) is 0 Å². The zero-order valence-electron chi connectivity index (χ0n) is 17.0. The first-order valence-corrected chi connectivity index (χ1v) is 10.4. The molecule has 29 heavy (non-hydrogen) atoms. The Morgan fingerprint density at radius 3 is 2.00 bits per heavy atom. The lowest BCUT2D eigenvalue weighted by atomic mass is 9.72. The molecule has 1 heterocycles. The highest BCUT2D eigenvalue weighted by atomic mass is 16.5. The summed E-state index contributed by atoms with van der Waals surface area (Å²) in [7, 11) is 0. The number of hydrogen-bond acceptors (Lipinski definition) is 3. The third-order valence-electron chi connectivity index (χ3n) is 5.96. The molecule has 0 amide bonds. The van der Waals surface area contributed by atoms with Crippen molar-refractivity contribution in [1.82, 2.24) is 4.90 Å². The maximum absolute atomic E-state index is 12.4. The van der Waals surface area contributed by atoms with Gasteiger partial charge in [0.25, 0.3) is 0 Å². The van der Waals surface area contributed by atoms with E-state index in [4.69, 9.17) is 4.74 Å². The van der Waals surface area contributed by atoms with Gasteiger partial charge in [-0.3, -0.25) is 4.90 Å². The van der Waals surface area contributed by atoms with Crippen LogP contribution in [0.2, 0.25) is 0 Å². The zero-order chi connectivity index (χ0) is 20.1. The molecular weight excluding hydrogens is 358 g/mol. The smallest absolute Gasteiger partial charge is 0.123 e. The molecule has 4 rings (SSSR count). The lowest BCUT2D eigenvalue weighted by molar-refractivity contribution is 0.000764. The molecule has 0 spiro atoms. The minimum Gasteiger partial charge on any atom is -0.380 e. The Hall–Kier alpha value is -2.46. The summed E-state index contributed by atoms with van der Waals surface area (Å²) in [5.74, 6) is -0.105. The van der Waals surface area contributed by atoms with E-state index in [9.17, 15) is 5.11 Å². The van der Waals surface area contributed by atoms with Gasteiger partial charge in [-0.2, -0.15) is 0 Å². The molecule has 1 N–H and O–H groups in total. The Bertz CT molecular complexity index is 889. The van der Waals surface area contributed by atoms with Crippen molar-refractivity contribution in [1.29, 1.82) is 0 Å². The molecule has 1 aliphatic rings. The third-order valence-corrected chi connectivity index (χ3v) is 5.96. The van der Waals surface area contributed by atoms with Gasteiger partial charge in [0, 0.05) is 25.6 Å². The molecular formula is C26H29NO2. The Morgan fingerprint density at radius 2 is 1.38 bits per heavy atom. The number of aliphatic hydroxyl groups is 1. The van der Waals surface area contributed by atoms with Crippen LogP contribution in [0.5, 0.6) is 0 Å². The summed E-state index contributed by atoms with van der Waals surface area (Å²) in [6.07, 6.45) is 0. The number of rotatable bonds is 6. The molecule has 0 saturated carbocycles. The number of ether oxygens (including phenoxy) is 1. The molecule has 1 aliphatic heterocycles. The quantitative estimate of drug-likeness (QED) is 0.683. The fourth-order valence-corrected chi connectivity index (χ4v) is 4.27. The van der Waals surface area contributed by atoms with Crippen LogP contribution >= 0.6 is 0 Å². The zero-order valence-corrected chi connectivity index (χ0v) is 17.0. The van der Waals surface area contributed by atoms with Crippen LogP contribution < -0.4 is 0 Å². The van der Waals surface area contributed by atoms with Crippen molar-refractivity contribution in [2.75, 3.05) is 32.8 Å². The minimum absolute atomic E-state index is 0.105. The van der Waals surface area contributed by atoms with Gasteiger partial charge in [-0.05, 0) is 23.6 Å². The summed E-state index contributed by atoms with van der Waals surface area (Å²) in [4.78, 5) is 2.41. The SMILES string of the molecule is Cc1ccc(C(O)(c2ccccc2)C(CN2CCOCC2)c2ccccc2)cc1. The number of hydrogen-bond donors (Lipinski definition) is 1. The van der Waals surface area contributed by atoms with Crippen molar-refractivity contribution in [3.05, 3.63) is 107 Å². The van der Waals surface area contributed by atoms with Crippen LogP contribution in [0.1, 0.15) is 28.2 Å². The fraction of sp³-hybridized carbons (Fsp3) is 0.308. The molecule has 0 aliphatic carbocycles.